The van der Waals surface area contributed by atoms with Gasteiger partial charge in [-0.05, 0) is 49.8 Å². The second-order valence-corrected chi connectivity index (χ2v) is 6.33. The molecule has 3 N–H and O–H groups in total. The highest BCUT2D eigenvalue weighted by Gasteiger charge is 2.13. The van der Waals surface area contributed by atoms with Crippen LogP contribution < -0.4 is 16.0 Å². The second-order valence-electron chi connectivity index (χ2n) is 5.92. The third-order valence-electron chi connectivity index (χ3n) is 3.77. The Labute approximate surface area is 164 Å². The number of anilines is 1. The van der Waals surface area contributed by atoms with Crippen LogP contribution in [0.1, 0.15) is 32.7 Å². The standard InChI is InChI=1S/C20H23N3O3S/c1-14-8-10-15(11-9-14)18(24)23-20(27)22-17-7-4-3-6-16(17)19(25)21-12-5-13-26-2/h3-4,6-11H,5,12-13H2,1-2H3,(H,21,25)(H2,22,23,24,27). The van der Waals surface area contributed by atoms with Gasteiger partial charge in [0, 0.05) is 25.8 Å². The van der Waals surface area contributed by atoms with Crippen molar-refractivity contribution < 1.29 is 14.3 Å². The summed E-state index contributed by atoms with van der Waals surface area (Å²) in [5.74, 6) is -0.532. The fourth-order valence-electron chi connectivity index (χ4n) is 2.34. The number of carbonyl (C=O) groups is 2. The maximum atomic E-state index is 12.4. The number of hydrogen-bond donors (Lipinski definition) is 3. The SMILES string of the molecule is COCCCNC(=O)c1ccccc1NC(=S)NC(=O)c1ccc(C)cc1. The van der Waals surface area contributed by atoms with Crippen molar-refractivity contribution >= 4 is 34.8 Å². The van der Waals surface area contributed by atoms with Gasteiger partial charge in [0.1, 0.15) is 0 Å². The zero-order valence-corrected chi connectivity index (χ0v) is 16.2. The number of nitrogens with one attached hydrogen (secondary N) is 3. The van der Waals surface area contributed by atoms with Crippen LogP contribution in [0.25, 0.3) is 0 Å². The fourth-order valence-corrected chi connectivity index (χ4v) is 2.54. The average Bonchev–Trinajstić information content (AvgIpc) is 2.66. The first kappa shape index (κ1) is 20.5. The summed E-state index contributed by atoms with van der Waals surface area (Å²) in [6.07, 6.45) is 0.725. The van der Waals surface area contributed by atoms with E-state index in [1.165, 1.54) is 0 Å². The van der Waals surface area contributed by atoms with Crippen LogP contribution in [0.4, 0.5) is 5.69 Å². The molecule has 27 heavy (non-hydrogen) atoms. The van der Waals surface area contributed by atoms with Gasteiger partial charge in [0.2, 0.25) is 0 Å². The molecule has 0 aliphatic carbocycles. The van der Waals surface area contributed by atoms with Gasteiger partial charge < -0.3 is 15.4 Å². The van der Waals surface area contributed by atoms with E-state index in [0.29, 0.717) is 30.0 Å². The third-order valence-corrected chi connectivity index (χ3v) is 3.98. The van der Waals surface area contributed by atoms with Gasteiger partial charge in [0.05, 0.1) is 11.3 Å². The molecule has 2 rings (SSSR count). The van der Waals surface area contributed by atoms with E-state index in [-0.39, 0.29) is 16.9 Å². The molecular weight excluding hydrogens is 362 g/mol. The van der Waals surface area contributed by atoms with E-state index in [1.54, 1.807) is 43.5 Å². The van der Waals surface area contributed by atoms with Crippen LogP contribution in [0, 0.1) is 6.92 Å². The maximum absolute atomic E-state index is 12.4. The van der Waals surface area contributed by atoms with E-state index in [9.17, 15) is 9.59 Å². The Bertz CT molecular complexity index is 806. The van der Waals surface area contributed by atoms with E-state index >= 15 is 0 Å². The summed E-state index contributed by atoms with van der Waals surface area (Å²) in [7, 11) is 1.62. The van der Waals surface area contributed by atoms with Gasteiger partial charge in [-0.25, -0.2) is 0 Å². The van der Waals surface area contributed by atoms with E-state index in [1.807, 2.05) is 19.1 Å². The molecule has 0 bridgehead atoms. The molecule has 0 saturated heterocycles. The molecule has 0 spiro atoms. The van der Waals surface area contributed by atoms with Gasteiger partial charge in [-0.15, -0.1) is 0 Å². The summed E-state index contributed by atoms with van der Waals surface area (Å²) >= 11 is 5.21. The number of para-hydroxylation sites is 1. The molecule has 7 heteroatoms. The van der Waals surface area contributed by atoms with Crippen LogP contribution >= 0.6 is 12.2 Å². The zero-order chi connectivity index (χ0) is 19.6. The number of ether oxygens (including phenoxy) is 1. The van der Waals surface area contributed by atoms with E-state index in [2.05, 4.69) is 16.0 Å². The highest BCUT2D eigenvalue weighted by Crippen LogP contribution is 2.15. The summed E-state index contributed by atoms with van der Waals surface area (Å²) in [6.45, 7) is 3.04. The zero-order valence-electron chi connectivity index (χ0n) is 15.4. The van der Waals surface area contributed by atoms with Gasteiger partial charge in [-0.2, -0.15) is 0 Å². The molecule has 2 aromatic carbocycles. The molecule has 0 unspecified atom stereocenters. The molecule has 2 aromatic rings. The van der Waals surface area contributed by atoms with Crippen molar-refractivity contribution in [3.8, 4) is 0 Å². The van der Waals surface area contributed by atoms with Gasteiger partial charge in [-0.3, -0.25) is 14.9 Å². The summed E-state index contributed by atoms with van der Waals surface area (Å²) < 4.78 is 4.96. The Morgan fingerprint density at radius 3 is 2.44 bits per heavy atom. The van der Waals surface area contributed by atoms with Crippen LogP contribution in [0.5, 0.6) is 0 Å². The minimum absolute atomic E-state index is 0.125. The highest BCUT2D eigenvalue weighted by molar-refractivity contribution is 7.80. The number of hydrogen-bond acceptors (Lipinski definition) is 4. The second kappa shape index (κ2) is 10.4. The van der Waals surface area contributed by atoms with Crippen molar-refractivity contribution in [2.45, 2.75) is 13.3 Å². The number of benzene rings is 2. The number of thiocarbonyl (C=S) groups is 1. The van der Waals surface area contributed by atoms with E-state index in [4.69, 9.17) is 17.0 Å². The lowest BCUT2D eigenvalue weighted by Crippen LogP contribution is -2.35. The molecule has 0 atom stereocenters. The first-order valence-corrected chi connectivity index (χ1v) is 8.97. The number of amides is 2. The Hall–Kier alpha value is -2.77. The molecule has 0 saturated carbocycles. The van der Waals surface area contributed by atoms with Crippen molar-refractivity contribution in [3.05, 3.63) is 65.2 Å². The number of carbonyl (C=O) groups excluding carboxylic acids is 2. The molecule has 0 radical (unpaired) electrons. The Morgan fingerprint density at radius 2 is 1.74 bits per heavy atom. The first-order chi connectivity index (χ1) is 13.0. The first-order valence-electron chi connectivity index (χ1n) is 8.56. The molecule has 6 nitrogen and oxygen atoms in total. The predicted molar refractivity (Wildman–Crippen MR) is 110 cm³/mol. The van der Waals surface area contributed by atoms with Gasteiger partial charge >= 0.3 is 0 Å². The monoisotopic (exact) mass is 385 g/mol. The molecule has 0 heterocycles. The van der Waals surface area contributed by atoms with E-state index in [0.717, 1.165) is 12.0 Å². The summed E-state index contributed by atoms with van der Waals surface area (Å²) in [5, 5.41) is 8.50. The molecule has 0 aromatic heterocycles. The largest absolute Gasteiger partial charge is 0.385 e. The van der Waals surface area contributed by atoms with Crippen molar-refractivity contribution in [1.82, 2.24) is 10.6 Å². The topological polar surface area (TPSA) is 79.5 Å². The van der Waals surface area contributed by atoms with Crippen molar-refractivity contribution in [1.29, 1.82) is 0 Å². The molecule has 142 valence electrons. The number of methoxy groups -OCH3 is 1. The van der Waals surface area contributed by atoms with Crippen molar-refractivity contribution in [2.24, 2.45) is 0 Å². The third kappa shape index (κ3) is 6.47. The highest BCUT2D eigenvalue weighted by atomic mass is 32.1. The van der Waals surface area contributed by atoms with Gasteiger partial charge in [0.25, 0.3) is 11.8 Å². The lowest BCUT2D eigenvalue weighted by atomic mass is 10.1. The number of aryl methyl sites for hydroxylation is 1. The Morgan fingerprint density at radius 1 is 1.04 bits per heavy atom. The lowest BCUT2D eigenvalue weighted by Gasteiger charge is -2.13. The van der Waals surface area contributed by atoms with E-state index < -0.39 is 0 Å². The minimum atomic E-state index is -0.311. The quantitative estimate of drug-likeness (QED) is 0.505. The van der Waals surface area contributed by atoms with Gasteiger partial charge in [0.15, 0.2) is 5.11 Å². The van der Waals surface area contributed by atoms with Gasteiger partial charge in [-0.1, -0.05) is 29.8 Å². The normalized spacial score (nSPS) is 10.1. The summed E-state index contributed by atoms with van der Waals surface area (Å²) in [5.41, 5.74) is 2.55. The Kier molecular flexibility index (Phi) is 7.91. The smallest absolute Gasteiger partial charge is 0.257 e. The number of rotatable bonds is 7. The molecule has 0 aliphatic heterocycles. The average molecular weight is 385 g/mol. The molecular formula is C20H23N3O3S. The van der Waals surface area contributed by atoms with Crippen LogP contribution in [0.3, 0.4) is 0 Å². The van der Waals surface area contributed by atoms with Crippen LogP contribution in [-0.4, -0.2) is 37.2 Å². The minimum Gasteiger partial charge on any atom is -0.385 e. The van der Waals surface area contributed by atoms with Crippen LogP contribution in [0.15, 0.2) is 48.5 Å². The van der Waals surface area contributed by atoms with Crippen molar-refractivity contribution in [2.75, 3.05) is 25.6 Å². The van der Waals surface area contributed by atoms with Crippen LogP contribution in [0.2, 0.25) is 0 Å². The van der Waals surface area contributed by atoms with Crippen molar-refractivity contribution in [3.63, 3.8) is 0 Å². The fraction of sp³-hybridized carbons (Fsp3) is 0.250. The lowest BCUT2D eigenvalue weighted by molar-refractivity contribution is 0.0947. The molecule has 0 fully saturated rings. The summed E-state index contributed by atoms with van der Waals surface area (Å²) in [6, 6.07) is 14.1. The molecule has 2 amide bonds. The Balaban J connectivity index is 1.98. The van der Waals surface area contributed by atoms with Crippen LogP contribution in [-0.2, 0) is 4.74 Å². The summed E-state index contributed by atoms with van der Waals surface area (Å²) in [4.78, 5) is 24.6. The maximum Gasteiger partial charge on any atom is 0.257 e. The molecule has 0 aliphatic rings. The predicted octanol–water partition coefficient (Wildman–Crippen LogP) is 2.89.